The molecule has 0 aliphatic heterocycles. The topological polar surface area (TPSA) is 72.2 Å². The van der Waals surface area contributed by atoms with Crippen LogP contribution in [0, 0.1) is 12.7 Å². The van der Waals surface area contributed by atoms with Crippen LogP contribution in [0.3, 0.4) is 0 Å². The number of halogens is 1. The number of hydrogen-bond donors (Lipinski definition) is 2. The molecule has 0 saturated heterocycles. The van der Waals surface area contributed by atoms with E-state index >= 15 is 0 Å². The Morgan fingerprint density at radius 1 is 1.42 bits per heavy atom. The second kappa shape index (κ2) is 5.98. The minimum atomic E-state index is -3.75. The average molecular weight is 288 g/mol. The summed E-state index contributed by atoms with van der Waals surface area (Å²) in [5.41, 5.74) is 5.40. The highest BCUT2D eigenvalue weighted by Crippen LogP contribution is 2.21. The summed E-state index contributed by atoms with van der Waals surface area (Å²) in [6.07, 6.45) is 1.13. The Morgan fingerprint density at radius 3 is 2.58 bits per heavy atom. The van der Waals surface area contributed by atoms with Gasteiger partial charge >= 0.3 is 0 Å². The summed E-state index contributed by atoms with van der Waals surface area (Å²) in [5.74, 6) is -0.567. The zero-order valence-corrected chi connectivity index (χ0v) is 12.3. The van der Waals surface area contributed by atoms with Crippen LogP contribution >= 0.6 is 0 Å². The van der Waals surface area contributed by atoms with Gasteiger partial charge in [0.15, 0.2) is 0 Å². The largest absolute Gasteiger partial charge is 0.330 e. The van der Waals surface area contributed by atoms with Gasteiger partial charge in [-0.3, -0.25) is 0 Å². The lowest BCUT2D eigenvalue weighted by Gasteiger charge is -2.29. The SMILES string of the molecule is CCC(C)(CCN)NS(=O)(=O)c1cc(F)ccc1C. The molecule has 1 unspecified atom stereocenters. The van der Waals surface area contributed by atoms with Gasteiger partial charge in [-0.15, -0.1) is 0 Å². The van der Waals surface area contributed by atoms with Crippen LogP contribution in [0.25, 0.3) is 0 Å². The van der Waals surface area contributed by atoms with Gasteiger partial charge in [0.05, 0.1) is 4.90 Å². The molecule has 0 aromatic heterocycles. The van der Waals surface area contributed by atoms with E-state index in [0.717, 1.165) is 6.07 Å². The van der Waals surface area contributed by atoms with Gasteiger partial charge in [0.2, 0.25) is 10.0 Å². The maximum Gasteiger partial charge on any atom is 0.241 e. The van der Waals surface area contributed by atoms with Crippen LogP contribution in [0.1, 0.15) is 32.3 Å². The Labute approximate surface area is 114 Å². The van der Waals surface area contributed by atoms with E-state index in [2.05, 4.69) is 4.72 Å². The van der Waals surface area contributed by atoms with E-state index in [0.29, 0.717) is 24.9 Å². The normalized spacial score (nSPS) is 15.2. The highest BCUT2D eigenvalue weighted by atomic mass is 32.2. The van der Waals surface area contributed by atoms with E-state index in [-0.39, 0.29) is 4.90 Å². The Bertz CT molecular complexity index is 546. The molecular weight excluding hydrogens is 267 g/mol. The fourth-order valence-electron chi connectivity index (χ4n) is 1.86. The predicted molar refractivity (Wildman–Crippen MR) is 73.8 cm³/mol. The molecule has 0 aliphatic rings. The number of hydrogen-bond acceptors (Lipinski definition) is 3. The molecule has 19 heavy (non-hydrogen) atoms. The molecule has 0 aliphatic carbocycles. The van der Waals surface area contributed by atoms with Gasteiger partial charge in [0.1, 0.15) is 5.82 Å². The molecule has 0 spiro atoms. The van der Waals surface area contributed by atoms with E-state index in [9.17, 15) is 12.8 Å². The van der Waals surface area contributed by atoms with Crippen molar-refractivity contribution in [3.8, 4) is 0 Å². The molecule has 108 valence electrons. The van der Waals surface area contributed by atoms with E-state index in [1.54, 1.807) is 13.8 Å². The van der Waals surface area contributed by atoms with Crippen LogP contribution in [-0.2, 0) is 10.0 Å². The summed E-state index contributed by atoms with van der Waals surface area (Å²) in [4.78, 5) is -0.0239. The third kappa shape index (κ3) is 3.99. The summed E-state index contributed by atoms with van der Waals surface area (Å²) < 4.78 is 40.5. The molecule has 0 saturated carbocycles. The van der Waals surface area contributed by atoms with Crippen molar-refractivity contribution in [1.82, 2.24) is 4.72 Å². The van der Waals surface area contributed by atoms with Crippen molar-refractivity contribution >= 4 is 10.0 Å². The van der Waals surface area contributed by atoms with Crippen molar-refractivity contribution in [3.63, 3.8) is 0 Å². The Morgan fingerprint density at radius 2 is 2.05 bits per heavy atom. The first-order chi connectivity index (χ1) is 8.74. The molecule has 1 aromatic carbocycles. The molecule has 1 rings (SSSR count). The van der Waals surface area contributed by atoms with Gasteiger partial charge in [0.25, 0.3) is 0 Å². The van der Waals surface area contributed by atoms with Crippen LogP contribution in [0.4, 0.5) is 4.39 Å². The van der Waals surface area contributed by atoms with Crippen molar-refractivity contribution in [2.75, 3.05) is 6.54 Å². The zero-order valence-electron chi connectivity index (χ0n) is 11.5. The number of rotatable bonds is 6. The fourth-order valence-corrected chi connectivity index (χ4v) is 3.63. The molecule has 6 heteroatoms. The van der Waals surface area contributed by atoms with Gasteiger partial charge in [-0.05, 0) is 50.9 Å². The monoisotopic (exact) mass is 288 g/mol. The molecule has 0 radical (unpaired) electrons. The van der Waals surface area contributed by atoms with Gasteiger partial charge in [-0.25, -0.2) is 17.5 Å². The smallest absolute Gasteiger partial charge is 0.241 e. The molecule has 1 atom stereocenters. The Balaban J connectivity index is 3.14. The number of aryl methyl sites for hydroxylation is 1. The number of nitrogens with one attached hydrogen (secondary N) is 1. The first-order valence-electron chi connectivity index (χ1n) is 6.24. The lowest BCUT2D eigenvalue weighted by atomic mass is 9.96. The molecule has 0 bridgehead atoms. The summed E-state index contributed by atoms with van der Waals surface area (Å²) in [6, 6.07) is 3.74. The lowest BCUT2D eigenvalue weighted by molar-refractivity contribution is 0.379. The Kier molecular flexibility index (Phi) is 5.06. The minimum absolute atomic E-state index is 0.0239. The van der Waals surface area contributed by atoms with Gasteiger partial charge in [-0.2, -0.15) is 0 Å². The van der Waals surface area contributed by atoms with Crippen LogP contribution < -0.4 is 10.5 Å². The third-order valence-electron chi connectivity index (χ3n) is 3.30. The van der Waals surface area contributed by atoms with Crippen LogP contribution in [0.5, 0.6) is 0 Å². The fraction of sp³-hybridized carbons (Fsp3) is 0.538. The number of benzene rings is 1. The second-order valence-electron chi connectivity index (χ2n) is 4.97. The highest BCUT2D eigenvalue weighted by molar-refractivity contribution is 7.89. The van der Waals surface area contributed by atoms with Gasteiger partial charge in [-0.1, -0.05) is 13.0 Å². The van der Waals surface area contributed by atoms with E-state index < -0.39 is 21.4 Å². The van der Waals surface area contributed by atoms with Gasteiger partial charge in [0, 0.05) is 5.54 Å². The lowest BCUT2D eigenvalue weighted by Crippen LogP contribution is -2.46. The molecule has 0 fully saturated rings. The van der Waals surface area contributed by atoms with Crippen LogP contribution in [0.15, 0.2) is 23.1 Å². The van der Waals surface area contributed by atoms with Crippen molar-refractivity contribution < 1.29 is 12.8 Å². The summed E-state index contributed by atoms with van der Waals surface area (Å²) >= 11 is 0. The van der Waals surface area contributed by atoms with Crippen molar-refractivity contribution in [2.45, 2.75) is 44.0 Å². The van der Waals surface area contributed by atoms with Crippen LogP contribution in [0.2, 0.25) is 0 Å². The van der Waals surface area contributed by atoms with E-state index in [4.69, 9.17) is 5.73 Å². The molecule has 0 amide bonds. The molecular formula is C13H21FN2O2S. The van der Waals surface area contributed by atoms with Crippen LogP contribution in [-0.4, -0.2) is 20.5 Å². The molecule has 3 N–H and O–H groups in total. The zero-order chi connectivity index (χ0) is 14.7. The first kappa shape index (κ1) is 16.1. The van der Waals surface area contributed by atoms with E-state index in [1.807, 2.05) is 6.92 Å². The minimum Gasteiger partial charge on any atom is -0.330 e. The van der Waals surface area contributed by atoms with Crippen molar-refractivity contribution in [3.05, 3.63) is 29.6 Å². The summed E-state index contributed by atoms with van der Waals surface area (Å²) in [7, 11) is -3.75. The highest BCUT2D eigenvalue weighted by Gasteiger charge is 2.29. The molecule has 1 aromatic rings. The molecule has 4 nitrogen and oxygen atoms in total. The summed E-state index contributed by atoms with van der Waals surface area (Å²) in [5, 5.41) is 0. The van der Waals surface area contributed by atoms with E-state index in [1.165, 1.54) is 12.1 Å². The molecule has 0 heterocycles. The predicted octanol–water partition coefficient (Wildman–Crippen LogP) is 1.93. The third-order valence-corrected chi connectivity index (χ3v) is 5.08. The number of sulfonamides is 1. The summed E-state index contributed by atoms with van der Waals surface area (Å²) in [6.45, 7) is 5.71. The maximum atomic E-state index is 13.2. The number of nitrogens with two attached hydrogens (primary N) is 1. The average Bonchev–Trinajstić information content (AvgIpc) is 2.31. The van der Waals surface area contributed by atoms with Crippen molar-refractivity contribution in [2.24, 2.45) is 5.73 Å². The van der Waals surface area contributed by atoms with Gasteiger partial charge < -0.3 is 5.73 Å². The second-order valence-corrected chi connectivity index (χ2v) is 6.62. The maximum absolute atomic E-state index is 13.2. The first-order valence-corrected chi connectivity index (χ1v) is 7.72. The quantitative estimate of drug-likeness (QED) is 0.840. The Hall–Kier alpha value is -0.980. The van der Waals surface area contributed by atoms with Crippen molar-refractivity contribution in [1.29, 1.82) is 0 Å². The standard InChI is InChI=1S/C13H21FN2O2S/c1-4-13(3,7-8-15)16-19(17,18)12-9-11(14)6-5-10(12)2/h5-6,9,16H,4,7-8,15H2,1-3H3.